The first-order valence-electron chi connectivity index (χ1n) is 9.22. The summed E-state index contributed by atoms with van der Waals surface area (Å²) in [5.41, 5.74) is 4.60. The highest BCUT2D eigenvalue weighted by atomic mass is 16.5. The van der Waals surface area contributed by atoms with Crippen molar-refractivity contribution in [2.24, 2.45) is 5.41 Å². The molecule has 1 amide bonds. The summed E-state index contributed by atoms with van der Waals surface area (Å²) in [6.07, 6.45) is 4.45. The van der Waals surface area contributed by atoms with E-state index in [0.717, 1.165) is 43.6 Å². The number of amides is 1. The molecule has 1 saturated heterocycles. The van der Waals surface area contributed by atoms with Crippen LogP contribution in [-0.4, -0.2) is 25.2 Å². The summed E-state index contributed by atoms with van der Waals surface area (Å²) >= 11 is 0. The number of carbonyl (C=O) groups is 1. The number of hydrogen-bond acceptors (Lipinski definition) is 2. The van der Waals surface area contributed by atoms with E-state index in [4.69, 9.17) is 4.74 Å². The van der Waals surface area contributed by atoms with Crippen LogP contribution in [0.5, 0.6) is 0 Å². The molecule has 2 fully saturated rings. The molecule has 3 heteroatoms. The minimum absolute atomic E-state index is 0.0472. The van der Waals surface area contributed by atoms with E-state index in [-0.39, 0.29) is 11.3 Å². The molecule has 0 radical (unpaired) electrons. The summed E-state index contributed by atoms with van der Waals surface area (Å²) < 4.78 is 5.49. The topological polar surface area (TPSA) is 38.3 Å². The van der Waals surface area contributed by atoms with E-state index in [0.29, 0.717) is 6.04 Å². The molecule has 1 aliphatic heterocycles. The van der Waals surface area contributed by atoms with E-state index in [9.17, 15) is 4.79 Å². The molecule has 25 heavy (non-hydrogen) atoms. The Morgan fingerprint density at radius 3 is 2.12 bits per heavy atom. The summed E-state index contributed by atoms with van der Waals surface area (Å²) in [5, 5.41) is 3.27. The molecule has 1 unspecified atom stereocenters. The molecule has 1 aliphatic carbocycles. The number of benzene rings is 2. The summed E-state index contributed by atoms with van der Waals surface area (Å²) in [7, 11) is 0. The second kappa shape index (κ2) is 6.64. The van der Waals surface area contributed by atoms with Gasteiger partial charge in [0, 0.05) is 24.8 Å². The fourth-order valence-electron chi connectivity index (χ4n) is 4.10. The molecule has 0 bridgehead atoms. The average Bonchev–Trinajstić information content (AvgIpc) is 2.66. The summed E-state index contributed by atoms with van der Waals surface area (Å²) in [6, 6.07) is 16.7. The van der Waals surface area contributed by atoms with Gasteiger partial charge in [-0.3, -0.25) is 4.79 Å². The number of nitrogens with one attached hydrogen (secondary N) is 1. The SMILES string of the molecule is Cc1ccc(-c2ccc(C(=O)NC3CCC34CCOCC4)cc2)cc1. The summed E-state index contributed by atoms with van der Waals surface area (Å²) in [6.45, 7) is 3.75. The Morgan fingerprint density at radius 2 is 1.56 bits per heavy atom. The van der Waals surface area contributed by atoms with Crippen molar-refractivity contribution in [3.63, 3.8) is 0 Å². The van der Waals surface area contributed by atoms with Crippen molar-refractivity contribution < 1.29 is 9.53 Å². The van der Waals surface area contributed by atoms with Crippen molar-refractivity contribution in [2.75, 3.05) is 13.2 Å². The maximum atomic E-state index is 12.6. The maximum absolute atomic E-state index is 12.6. The van der Waals surface area contributed by atoms with Gasteiger partial charge in [-0.2, -0.15) is 0 Å². The lowest BCUT2D eigenvalue weighted by Gasteiger charge is -2.52. The van der Waals surface area contributed by atoms with E-state index in [2.05, 4.69) is 36.5 Å². The second-order valence-corrected chi connectivity index (χ2v) is 7.48. The molecule has 1 N–H and O–H groups in total. The van der Waals surface area contributed by atoms with Crippen molar-refractivity contribution in [3.05, 3.63) is 59.7 Å². The quantitative estimate of drug-likeness (QED) is 0.905. The van der Waals surface area contributed by atoms with Gasteiger partial charge in [0.25, 0.3) is 5.91 Å². The van der Waals surface area contributed by atoms with Gasteiger partial charge in [-0.25, -0.2) is 0 Å². The van der Waals surface area contributed by atoms with Crippen molar-refractivity contribution in [1.29, 1.82) is 0 Å². The van der Waals surface area contributed by atoms with Crippen LogP contribution in [0.2, 0.25) is 0 Å². The normalized spacial score (nSPS) is 21.6. The molecule has 130 valence electrons. The third kappa shape index (κ3) is 3.21. The van der Waals surface area contributed by atoms with Crippen molar-refractivity contribution in [2.45, 2.75) is 38.6 Å². The van der Waals surface area contributed by atoms with Crippen LogP contribution in [0.1, 0.15) is 41.6 Å². The van der Waals surface area contributed by atoms with Crippen LogP contribution < -0.4 is 5.32 Å². The van der Waals surface area contributed by atoms with Gasteiger partial charge in [-0.15, -0.1) is 0 Å². The van der Waals surface area contributed by atoms with E-state index in [1.165, 1.54) is 17.5 Å². The zero-order valence-electron chi connectivity index (χ0n) is 14.8. The third-order valence-corrected chi connectivity index (χ3v) is 6.00. The predicted molar refractivity (Wildman–Crippen MR) is 99.6 cm³/mol. The average molecular weight is 335 g/mol. The van der Waals surface area contributed by atoms with Crippen LogP contribution >= 0.6 is 0 Å². The largest absolute Gasteiger partial charge is 0.381 e. The first-order valence-corrected chi connectivity index (χ1v) is 9.22. The monoisotopic (exact) mass is 335 g/mol. The Balaban J connectivity index is 1.43. The maximum Gasteiger partial charge on any atom is 0.251 e. The van der Waals surface area contributed by atoms with Gasteiger partial charge in [-0.1, -0.05) is 42.0 Å². The standard InChI is InChI=1S/C22H25NO2/c1-16-2-4-17(5-3-16)18-6-8-19(9-7-18)21(24)23-20-10-11-22(20)12-14-25-15-13-22/h2-9,20H,10-15H2,1H3,(H,23,24). The smallest absolute Gasteiger partial charge is 0.251 e. The van der Waals surface area contributed by atoms with Crippen LogP contribution in [0.15, 0.2) is 48.5 Å². The van der Waals surface area contributed by atoms with Crippen molar-refractivity contribution in [1.82, 2.24) is 5.32 Å². The van der Waals surface area contributed by atoms with Crippen LogP contribution in [0.3, 0.4) is 0 Å². The van der Waals surface area contributed by atoms with Crippen LogP contribution in [0.4, 0.5) is 0 Å². The Hall–Kier alpha value is -2.13. The number of carbonyl (C=O) groups excluding carboxylic acids is 1. The number of ether oxygens (including phenoxy) is 1. The lowest BCUT2D eigenvalue weighted by molar-refractivity contribution is -0.0523. The Labute approximate surface area is 149 Å². The molecular formula is C22H25NO2. The first kappa shape index (κ1) is 16.3. The molecule has 4 rings (SSSR count). The zero-order chi connectivity index (χ0) is 17.3. The van der Waals surface area contributed by atoms with Gasteiger partial charge in [0.05, 0.1) is 0 Å². The van der Waals surface area contributed by atoms with Gasteiger partial charge in [0.1, 0.15) is 0 Å². The van der Waals surface area contributed by atoms with E-state index < -0.39 is 0 Å². The lowest BCUT2D eigenvalue weighted by atomic mass is 9.60. The molecule has 2 aromatic rings. The third-order valence-electron chi connectivity index (χ3n) is 6.00. The lowest BCUT2D eigenvalue weighted by Crippen LogP contribution is -2.57. The van der Waals surface area contributed by atoms with E-state index in [1.54, 1.807) is 0 Å². The highest BCUT2D eigenvalue weighted by Gasteiger charge is 2.47. The van der Waals surface area contributed by atoms with Crippen LogP contribution in [0.25, 0.3) is 11.1 Å². The number of hydrogen-bond donors (Lipinski definition) is 1. The number of rotatable bonds is 3. The highest BCUT2D eigenvalue weighted by molar-refractivity contribution is 5.95. The van der Waals surface area contributed by atoms with Gasteiger partial charge >= 0.3 is 0 Å². The minimum Gasteiger partial charge on any atom is -0.381 e. The van der Waals surface area contributed by atoms with E-state index >= 15 is 0 Å². The van der Waals surface area contributed by atoms with Gasteiger partial charge in [0.15, 0.2) is 0 Å². The second-order valence-electron chi connectivity index (χ2n) is 7.48. The van der Waals surface area contributed by atoms with Crippen molar-refractivity contribution in [3.8, 4) is 11.1 Å². The Morgan fingerprint density at radius 1 is 0.960 bits per heavy atom. The molecule has 0 aromatic heterocycles. The minimum atomic E-state index is 0.0472. The van der Waals surface area contributed by atoms with Gasteiger partial charge < -0.3 is 10.1 Å². The van der Waals surface area contributed by atoms with Gasteiger partial charge in [0.2, 0.25) is 0 Å². The fraction of sp³-hybridized carbons (Fsp3) is 0.409. The highest BCUT2D eigenvalue weighted by Crippen LogP contribution is 2.48. The molecule has 2 aromatic carbocycles. The fourth-order valence-corrected chi connectivity index (χ4v) is 4.10. The van der Waals surface area contributed by atoms with Crippen molar-refractivity contribution >= 4 is 5.91 Å². The summed E-state index contributed by atoms with van der Waals surface area (Å²) in [4.78, 5) is 12.6. The molecule has 1 spiro atoms. The molecular weight excluding hydrogens is 310 g/mol. The first-order chi connectivity index (χ1) is 12.2. The predicted octanol–water partition coefficient (Wildman–Crippen LogP) is 4.35. The van der Waals surface area contributed by atoms with Crippen LogP contribution in [0, 0.1) is 12.3 Å². The number of aryl methyl sites for hydroxylation is 1. The summed E-state index contributed by atoms with van der Waals surface area (Å²) in [5.74, 6) is 0.0472. The Bertz CT molecular complexity index is 743. The van der Waals surface area contributed by atoms with Crippen LogP contribution in [-0.2, 0) is 4.74 Å². The van der Waals surface area contributed by atoms with Gasteiger partial charge in [-0.05, 0) is 61.3 Å². The Kier molecular flexibility index (Phi) is 4.34. The molecule has 1 heterocycles. The zero-order valence-corrected chi connectivity index (χ0v) is 14.8. The molecule has 1 atom stereocenters. The molecule has 3 nitrogen and oxygen atoms in total. The molecule has 1 saturated carbocycles. The van der Waals surface area contributed by atoms with E-state index in [1.807, 2.05) is 24.3 Å². The molecule has 2 aliphatic rings.